The van der Waals surface area contributed by atoms with Crippen LogP contribution in [-0.4, -0.2) is 16.1 Å². The summed E-state index contributed by atoms with van der Waals surface area (Å²) in [5.41, 5.74) is 4.98. The normalized spacial score (nSPS) is 15.5. The molecule has 6 heteroatoms. The van der Waals surface area contributed by atoms with Gasteiger partial charge in [-0.15, -0.1) is 0 Å². The number of halogens is 1. The molecule has 0 saturated heterocycles. The van der Waals surface area contributed by atoms with E-state index in [9.17, 15) is 9.18 Å². The Hall–Kier alpha value is -3.51. The Kier molecular flexibility index (Phi) is 3.91. The maximum absolute atomic E-state index is 13.8. The van der Waals surface area contributed by atoms with E-state index in [4.69, 9.17) is 0 Å². The first kappa shape index (κ1) is 16.6. The average Bonchev–Trinajstić information content (AvgIpc) is 3.34. The standard InChI is InChI=1S/C22H17FN4O/c23-15-9-18(19-12-25-27-20(19)10-15)22(28)26-16-6-7-17-14(8-16)11-24-21(17)13-4-2-1-3-5-13/h1-10,12,21,24H,11H2,(H,25,27)(H,26,28)/t21-/m0/s1. The Morgan fingerprint density at radius 3 is 2.82 bits per heavy atom. The summed E-state index contributed by atoms with van der Waals surface area (Å²) in [6, 6.07) is 18.8. The lowest BCUT2D eigenvalue weighted by atomic mass is 9.98. The number of H-pyrrole nitrogens is 1. The third-order valence-corrected chi connectivity index (χ3v) is 5.11. The summed E-state index contributed by atoms with van der Waals surface area (Å²) in [7, 11) is 0. The fraction of sp³-hybridized carbons (Fsp3) is 0.0909. The van der Waals surface area contributed by atoms with Crippen molar-refractivity contribution in [1.82, 2.24) is 15.5 Å². The molecule has 0 bridgehead atoms. The molecule has 3 N–H and O–H groups in total. The molecule has 2 heterocycles. The number of hydrogen-bond donors (Lipinski definition) is 3. The van der Waals surface area contributed by atoms with Gasteiger partial charge in [0.15, 0.2) is 0 Å². The van der Waals surface area contributed by atoms with E-state index in [-0.39, 0.29) is 17.5 Å². The lowest BCUT2D eigenvalue weighted by Crippen LogP contribution is -2.13. The molecule has 3 aromatic carbocycles. The summed E-state index contributed by atoms with van der Waals surface area (Å²) < 4.78 is 13.8. The Morgan fingerprint density at radius 1 is 1.11 bits per heavy atom. The van der Waals surface area contributed by atoms with Gasteiger partial charge in [-0.3, -0.25) is 9.89 Å². The topological polar surface area (TPSA) is 69.8 Å². The zero-order chi connectivity index (χ0) is 19.1. The van der Waals surface area contributed by atoms with Crippen molar-refractivity contribution in [3.05, 3.63) is 94.9 Å². The summed E-state index contributed by atoms with van der Waals surface area (Å²) in [6.45, 7) is 0.727. The van der Waals surface area contributed by atoms with Crippen LogP contribution >= 0.6 is 0 Å². The second-order valence-corrected chi connectivity index (χ2v) is 6.88. The fourth-order valence-electron chi connectivity index (χ4n) is 3.79. The predicted octanol–water partition coefficient (Wildman–Crippen LogP) is 4.15. The number of fused-ring (bicyclic) bond motifs is 2. The molecule has 0 fully saturated rings. The van der Waals surface area contributed by atoms with Crippen LogP contribution in [0.1, 0.15) is 33.1 Å². The number of carbonyl (C=O) groups excluding carboxylic acids is 1. The summed E-state index contributed by atoms with van der Waals surface area (Å²) in [6.07, 6.45) is 1.53. The Labute approximate surface area is 160 Å². The minimum atomic E-state index is -0.481. The Balaban J connectivity index is 1.42. The molecule has 4 aromatic rings. The van der Waals surface area contributed by atoms with Crippen LogP contribution in [0.5, 0.6) is 0 Å². The van der Waals surface area contributed by atoms with Crippen molar-refractivity contribution in [2.24, 2.45) is 0 Å². The summed E-state index contributed by atoms with van der Waals surface area (Å²) >= 11 is 0. The maximum Gasteiger partial charge on any atom is 0.256 e. The van der Waals surface area contributed by atoms with Crippen molar-refractivity contribution in [3.63, 3.8) is 0 Å². The smallest absolute Gasteiger partial charge is 0.256 e. The highest BCUT2D eigenvalue weighted by molar-refractivity contribution is 6.12. The van der Waals surface area contributed by atoms with E-state index in [1.54, 1.807) is 0 Å². The van der Waals surface area contributed by atoms with E-state index in [0.29, 0.717) is 16.6 Å². The first-order chi connectivity index (χ1) is 13.7. The number of nitrogens with one attached hydrogen (secondary N) is 3. The Bertz CT molecular complexity index is 1190. The third kappa shape index (κ3) is 2.84. The van der Waals surface area contributed by atoms with Crippen molar-refractivity contribution in [3.8, 4) is 0 Å². The van der Waals surface area contributed by atoms with Gasteiger partial charge in [0.05, 0.1) is 23.3 Å². The molecule has 5 rings (SSSR count). The zero-order valence-corrected chi connectivity index (χ0v) is 14.9. The molecule has 0 aliphatic carbocycles. The van der Waals surface area contributed by atoms with Gasteiger partial charge < -0.3 is 10.6 Å². The number of anilines is 1. The molecular weight excluding hydrogens is 355 g/mol. The van der Waals surface area contributed by atoms with Crippen molar-refractivity contribution in [2.75, 3.05) is 5.32 Å². The highest BCUT2D eigenvalue weighted by Gasteiger charge is 2.23. The van der Waals surface area contributed by atoms with E-state index in [1.165, 1.54) is 29.5 Å². The van der Waals surface area contributed by atoms with Gasteiger partial charge in [0.2, 0.25) is 0 Å². The molecule has 1 atom stereocenters. The molecule has 138 valence electrons. The first-order valence-corrected chi connectivity index (χ1v) is 9.04. The molecule has 1 aromatic heterocycles. The van der Waals surface area contributed by atoms with Gasteiger partial charge in [-0.25, -0.2) is 4.39 Å². The highest BCUT2D eigenvalue weighted by Crippen LogP contribution is 2.32. The summed E-state index contributed by atoms with van der Waals surface area (Å²) in [5, 5.41) is 13.6. The highest BCUT2D eigenvalue weighted by atomic mass is 19.1. The SMILES string of the molecule is O=C(Nc1ccc2c(c1)CN[C@H]2c1ccccc1)c1cc(F)cc2[nH]ncc12. The molecule has 0 unspecified atom stereocenters. The van der Waals surface area contributed by atoms with Crippen molar-refractivity contribution >= 4 is 22.5 Å². The predicted molar refractivity (Wildman–Crippen MR) is 106 cm³/mol. The molecule has 0 spiro atoms. The maximum atomic E-state index is 13.8. The van der Waals surface area contributed by atoms with Gasteiger partial charge >= 0.3 is 0 Å². The van der Waals surface area contributed by atoms with E-state index in [1.807, 2.05) is 36.4 Å². The molecule has 0 saturated carbocycles. The van der Waals surface area contributed by atoms with E-state index in [2.05, 4.69) is 33.0 Å². The number of benzene rings is 3. The van der Waals surface area contributed by atoms with Crippen LogP contribution in [0.2, 0.25) is 0 Å². The number of carbonyl (C=O) groups is 1. The Morgan fingerprint density at radius 2 is 1.96 bits per heavy atom. The van der Waals surface area contributed by atoms with Crippen molar-refractivity contribution in [1.29, 1.82) is 0 Å². The van der Waals surface area contributed by atoms with Crippen LogP contribution in [0, 0.1) is 5.82 Å². The van der Waals surface area contributed by atoms with Crippen LogP contribution in [0.15, 0.2) is 66.9 Å². The zero-order valence-electron chi connectivity index (χ0n) is 14.9. The number of aromatic nitrogens is 2. The van der Waals surface area contributed by atoms with Crippen LogP contribution < -0.4 is 10.6 Å². The summed E-state index contributed by atoms with van der Waals surface area (Å²) in [5.74, 6) is -0.845. The van der Waals surface area contributed by atoms with E-state index in [0.717, 1.165) is 12.1 Å². The number of amides is 1. The van der Waals surface area contributed by atoms with Crippen LogP contribution in [0.4, 0.5) is 10.1 Å². The molecule has 28 heavy (non-hydrogen) atoms. The fourth-order valence-corrected chi connectivity index (χ4v) is 3.79. The first-order valence-electron chi connectivity index (χ1n) is 9.04. The molecule has 0 radical (unpaired) electrons. The summed E-state index contributed by atoms with van der Waals surface area (Å²) in [4.78, 5) is 12.7. The van der Waals surface area contributed by atoms with Gasteiger partial charge in [-0.2, -0.15) is 5.10 Å². The molecule has 1 aliphatic rings. The van der Waals surface area contributed by atoms with Gasteiger partial charge in [0.25, 0.3) is 5.91 Å². The number of hydrogen-bond acceptors (Lipinski definition) is 3. The lowest BCUT2D eigenvalue weighted by molar-refractivity contribution is 0.102. The van der Waals surface area contributed by atoms with Gasteiger partial charge in [-0.1, -0.05) is 36.4 Å². The number of rotatable bonds is 3. The molecule has 1 amide bonds. The second kappa shape index (κ2) is 6.58. The second-order valence-electron chi connectivity index (χ2n) is 6.88. The van der Waals surface area contributed by atoms with Gasteiger partial charge in [-0.05, 0) is 41.0 Å². The quantitative estimate of drug-likeness (QED) is 0.506. The van der Waals surface area contributed by atoms with Crippen LogP contribution in [0.3, 0.4) is 0 Å². The molecule has 5 nitrogen and oxygen atoms in total. The third-order valence-electron chi connectivity index (χ3n) is 5.11. The van der Waals surface area contributed by atoms with Gasteiger partial charge in [0.1, 0.15) is 5.82 Å². The number of aromatic amines is 1. The minimum absolute atomic E-state index is 0.148. The van der Waals surface area contributed by atoms with Crippen molar-refractivity contribution < 1.29 is 9.18 Å². The average molecular weight is 372 g/mol. The van der Waals surface area contributed by atoms with E-state index >= 15 is 0 Å². The van der Waals surface area contributed by atoms with Crippen molar-refractivity contribution in [2.45, 2.75) is 12.6 Å². The van der Waals surface area contributed by atoms with Crippen LogP contribution in [-0.2, 0) is 6.54 Å². The van der Waals surface area contributed by atoms with Gasteiger partial charge in [0, 0.05) is 17.6 Å². The largest absolute Gasteiger partial charge is 0.322 e. The molecular formula is C22H17FN4O. The minimum Gasteiger partial charge on any atom is -0.322 e. The monoisotopic (exact) mass is 372 g/mol. The number of nitrogens with zero attached hydrogens (tertiary/aromatic N) is 1. The van der Waals surface area contributed by atoms with Crippen LogP contribution in [0.25, 0.3) is 10.9 Å². The van der Waals surface area contributed by atoms with E-state index < -0.39 is 5.82 Å². The lowest BCUT2D eigenvalue weighted by Gasteiger charge is -2.13. The molecule has 1 aliphatic heterocycles.